The number of hydrogen-bond acceptors (Lipinski definition) is 5. The summed E-state index contributed by atoms with van der Waals surface area (Å²) in [4.78, 5) is 17.1. The van der Waals surface area contributed by atoms with Crippen molar-refractivity contribution in [2.45, 2.75) is 18.1 Å². The Morgan fingerprint density at radius 2 is 1.47 bits per heavy atom. The minimum absolute atomic E-state index is 0.145. The molecular weight excluding hydrogens is 423 g/mol. The second-order valence-electron chi connectivity index (χ2n) is 7.15. The lowest BCUT2D eigenvalue weighted by Gasteiger charge is -2.14. The van der Waals surface area contributed by atoms with Crippen LogP contribution in [0.25, 0.3) is 22.5 Å². The van der Waals surface area contributed by atoms with E-state index < -0.39 is 0 Å². The predicted octanol–water partition coefficient (Wildman–Crippen LogP) is 5.31. The fourth-order valence-corrected chi connectivity index (χ4v) is 3.81. The van der Waals surface area contributed by atoms with Gasteiger partial charge >= 0.3 is 0 Å². The number of halogens is 1. The van der Waals surface area contributed by atoms with Crippen LogP contribution < -0.4 is 5.32 Å². The molecule has 1 aromatic heterocycles. The molecule has 0 spiro atoms. The lowest BCUT2D eigenvalue weighted by molar-refractivity contribution is -0.119. The molecule has 0 saturated carbocycles. The normalized spacial score (nSPS) is 11.7. The molecule has 4 aromatic rings. The molecule has 5 nitrogen and oxygen atoms in total. The number of amides is 1. The summed E-state index contributed by atoms with van der Waals surface area (Å²) in [5.41, 5.74) is 4.09. The Hall–Kier alpha value is -3.58. The van der Waals surface area contributed by atoms with Crippen molar-refractivity contribution in [3.05, 3.63) is 96.3 Å². The van der Waals surface area contributed by atoms with Crippen LogP contribution in [0.5, 0.6) is 0 Å². The molecule has 0 aliphatic rings. The average molecular weight is 445 g/mol. The highest BCUT2D eigenvalue weighted by Gasteiger charge is 2.15. The highest BCUT2D eigenvalue weighted by Crippen LogP contribution is 2.29. The molecule has 0 aliphatic carbocycles. The third-order valence-electron chi connectivity index (χ3n) is 4.84. The zero-order valence-corrected chi connectivity index (χ0v) is 18.2. The van der Waals surface area contributed by atoms with E-state index in [9.17, 15) is 9.18 Å². The Morgan fingerprint density at radius 3 is 2.09 bits per heavy atom. The van der Waals surface area contributed by atoms with E-state index in [0.29, 0.717) is 10.9 Å². The number of benzene rings is 3. The molecule has 0 bridgehead atoms. The van der Waals surface area contributed by atoms with Crippen LogP contribution in [0, 0.1) is 5.82 Å². The Balaban J connectivity index is 1.49. The SMILES string of the molecule is CC(NC(=O)CSc1nnc(-c2ccccc2)c(-c2ccccc2)n1)c1ccc(F)cc1. The van der Waals surface area contributed by atoms with Crippen molar-refractivity contribution in [3.63, 3.8) is 0 Å². The fourth-order valence-electron chi connectivity index (χ4n) is 3.21. The third-order valence-corrected chi connectivity index (χ3v) is 5.68. The van der Waals surface area contributed by atoms with Gasteiger partial charge in [0.1, 0.15) is 17.2 Å². The van der Waals surface area contributed by atoms with Crippen LogP contribution in [0.3, 0.4) is 0 Å². The first-order chi connectivity index (χ1) is 15.6. The van der Waals surface area contributed by atoms with Crippen molar-refractivity contribution >= 4 is 17.7 Å². The summed E-state index contributed by atoms with van der Waals surface area (Å²) in [6.07, 6.45) is 0. The minimum atomic E-state index is -0.305. The summed E-state index contributed by atoms with van der Waals surface area (Å²) in [5.74, 6) is -0.323. The number of thioether (sulfide) groups is 1. The Bertz CT molecular complexity index is 1190. The van der Waals surface area contributed by atoms with Crippen LogP contribution in [-0.4, -0.2) is 26.8 Å². The van der Waals surface area contributed by atoms with E-state index in [2.05, 4.69) is 15.5 Å². The number of nitrogens with zero attached hydrogens (tertiary/aromatic N) is 3. The van der Waals surface area contributed by atoms with Crippen molar-refractivity contribution in [1.29, 1.82) is 0 Å². The van der Waals surface area contributed by atoms with Gasteiger partial charge in [-0.1, -0.05) is 84.6 Å². The first-order valence-corrected chi connectivity index (χ1v) is 11.1. The zero-order valence-electron chi connectivity index (χ0n) is 17.4. The van der Waals surface area contributed by atoms with Gasteiger partial charge in [0.25, 0.3) is 0 Å². The second kappa shape index (κ2) is 10.2. The van der Waals surface area contributed by atoms with Crippen molar-refractivity contribution in [2.75, 3.05) is 5.75 Å². The van der Waals surface area contributed by atoms with Gasteiger partial charge in [0.05, 0.1) is 11.8 Å². The molecule has 1 N–H and O–H groups in total. The molecule has 0 fully saturated rings. The summed E-state index contributed by atoms with van der Waals surface area (Å²) in [5, 5.41) is 12.0. The quantitative estimate of drug-likeness (QED) is 0.391. The van der Waals surface area contributed by atoms with Crippen molar-refractivity contribution in [1.82, 2.24) is 20.5 Å². The monoisotopic (exact) mass is 444 g/mol. The molecule has 1 unspecified atom stereocenters. The van der Waals surface area contributed by atoms with Gasteiger partial charge in [-0.3, -0.25) is 4.79 Å². The first-order valence-electron chi connectivity index (χ1n) is 10.1. The van der Waals surface area contributed by atoms with Crippen LogP contribution in [0.4, 0.5) is 4.39 Å². The Morgan fingerprint density at radius 1 is 0.875 bits per heavy atom. The predicted molar refractivity (Wildman–Crippen MR) is 124 cm³/mol. The maximum absolute atomic E-state index is 13.1. The fraction of sp³-hybridized carbons (Fsp3) is 0.120. The average Bonchev–Trinajstić information content (AvgIpc) is 2.84. The van der Waals surface area contributed by atoms with Crippen molar-refractivity contribution in [2.24, 2.45) is 0 Å². The summed E-state index contributed by atoms with van der Waals surface area (Å²) in [6, 6.07) is 25.4. The Labute approximate surface area is 190 Å². The molecule has 1 amide bonds. The second-order valence-corrected chi connectivity index (χ2v) is 8.10. The maximum Gasteiger partial charge on any atom is 0.230 e. The lowest BCUT2D eigenvalue weighted by atomic mass is 10.0. The lowest BCUT2D eigenvalue weighted by Crippen LogP contribution is -2.28. The van der Waals surface area contributed by atoms with Crippen molar-refractivity contribution in [3.8, 4) is 22.5 Å². The van der Waals surface area contributed by atoms with Gasteiger partial charge in [-0.05, 0) is 24.6 Å². The molecule has 4 rings (SSSR count). The zero-order chi connectivity index (χ0) is 22.3. The molecule has 0 radical (unpaired) electrons. The molecule has 160 valence electrons. The third kappa shape index (κ3) is 5.36. The maximum atomic E-state index is 13.1. The number of carbonyl (C=O) groups is 1. The largest absolute Gasteiger partial charge is 0.349 e. The molecule has 0 saturated heterocycles. The minimum Gasteiger partial charge on any atom is -0.349 e. The van der Waals surface area contributed by atoms with E-state index >= 15 is 0 Å². The van der Waals surface area contributed by atoms with E-state index in [1.54, 1.807) is 12.1 Å². The highest BCUT2D eigenvalue weighted by atomic mass is 32.2. The van der Waals surface area contributed by atoms with E-state index in [1.807, 2.05) is 67.6 Å². The Kier molecular flexibility index (Phi) is 6.87. The van der Waals surface area contributed by atoms with Gasteiger partial charge in [-0.2, -0.15) is 0 Å². The van der Waals surface area contributed by atoms with E-state index in [4.69, 9.17) is 4.98 Å². The molecule has 32 heavy (non-hydrogen) atoms. The van der Waals surface area contributed by atoms with Crippen LogP contribution in [0.15, 0.2) is 90.1 Å². The van der Waals surface area contributed by atoms with E-state index in [1.165, 1.54) is 23.9 Å². The van der Waals surface area contributed by atoms with Crippen LogP contribution >= 0.6 is 11.8 Å². The molecule has 7 heteroatoms. The van der Waals surface area contributed by atoms with Gasteiger partial charge in [-0.15, -0.1) is 10.2 Å². The number of aromatic nitrogens is 3. The molecule has 1 atom stereocenters. The smallest absolute Gasteiger partial charge is 0.230 e. The number of carbonyl (C=O) groups excluding carboxylic acids is 1. The number of rotatable bonds is 7. The summed E-state index contributed by atoms with van der Waals surface area (Å²) in [6.45, 7) is 1.86. The van der Waals surface area contributed by atoms with Gasteiger partial charge in [0, 0.05) is 11.1 Å². The number of hydrogen-bond donors (Lipinski definition) is 1. The van der Waals surface area contributed by atoms with Gasteiger partial charge < -0.3 is 5.32 Å². The van der Waals surface area contributed by atoms with Crippen LogP contribution in [-0.2, 0) is 4.79 Å². The van der Waals surface area contributed by atoms with Crippen molar-refractivity contribution < 1.29 is 9.18 Å². The summed E-state index contributed by atoms with van der Waals surface area (Å²) < 4.78 is 13.1. The van der Waals surface area contributed by atoms with E-state index in [0.717, 1.165) is 22.4 Å². The summed E-state index contributed by atoms with van der Waals surface area (Å²) >= 11 is 1.22. The summed E-state index contributed by atoms with van der Waals surface area (Å²) in [7, 11) is 0. The molecular formula is C25H21FN4OS. The van der Waals surface area contributed by atoms with Gasteiger partial charge in [-0.25, -0.2) is 9.37 Å². The first kappa shape index (κ1) is 21.6. The standard InChI is InChI=1S/C25H21FN4OS/c1-17(18-12-14-21(26)15-13-18)27-22(31)16-32-25-28-23(19-8-4-2-5-9-19)24(29-30-25)20-10-6-3-7-11-20/h2-15,17H,16H2,1H3,(H,27,31). The number of nitrogens with one attached hydrogen (secondary N) is 1. The molecule has 1 heterocycles. The van der Waals surface area contributed by atoms with Crippen LogP contribution in [0.2, 0.25) is 0 Å². The van der Waals surface area contributed by atoms with E-state index in [-0.39, 0.29) is 23.5 Å². The molecule has 3 aromatic carbocycles. The van der Waals surface area contributed by atoms with Crippen LogP contribution in [0.1, 0.15) is 18.5 Å². The topological polar surface area (TPSA) is 67.8 Å². The highest BCUT2D eigenvalue weighted by molar-refractivity contribution is 7.99. The van der Waals surface area contributed by atoms with Gasteiger partial charge in [0.15, 0.2) is 0 Å². The van der Waals surface area contributed by atoms with Gasteiger partial charge in [0.2, 0.25) is 11.1 Å². The molecule has 0 aliphatic heterocycles.